The maximum atomic E-state index is 12.2. The van der Waals surface area contributed by atoms with E-state index in [1.165, 1.54) is 0 Å². The molecule has 0 spiro atoms. The Morgan fingerprint density at radius 3 is 2.47 bits per heavy atom. The number of carbonyl (C=O) groups is 2. The highest BCUT2D eigenvalue weighted by atomic mass is 16.5. The summed E-state index contributed by atoms with van der Waals surface area (Å²) in [5.41, 5.74) is 7.89. The lowest BCUT2D eigenvalue weighted by Crippen LogP contribution is -2.31. The molecule has 0 bridgehead atoms. The molecule has 0 amide bonds. The van der Waals surface area contributed by atoms with Crippen molar-refractivity contribution >= 4 is 11.8 Å². The lowest BCUT2D eigenvalue weighted by atomic mass is 9.95. The summed E-state index contributed by atoms with van der Waals surface area (Å²) in [6, 6.07) is 2.73. The highest BCUT2D eigenvalue weighted by molar-refractivity contribution is 6.01. The predicted octanol–water partition coefficient (Wildman–Crippen LogP) is 1.69. The number of hydrogen-bond acceptors (Lipinski definition) is 4. The van der Waals surface area contributed by atoms with Gasteiger partial charge in [0.05, 0.1) is 13.2 Å². The zero-order valence-corrected chi connectivity index (χ0v) is 11.4. The summed E-state index contributed by atoms with van der Waals surface area (Å²) in [5, 5.41) is 8.60. The molecule has 0 aliphatic rings. The molecule has 1 atom stereocenters. The number of hydrogen-bond donors (Lipinski definition) is 2. The highest BCUT2D eigenvalue weighted by Gasteiger charge is 2.19. The van der Waals surface area contributed by atoms with E-state index in [2.05, 4.69) is 0 Å². The Labute approximate surface area is 112 Å². The van der Waals surface area contributed by atoms with Gasteiger partial charge in [0.1, 0.15) is 5.75 Å². The molecule has 0 radical (unpaired) electrons. The Hall–Kier alpha value is -1.88. The number of aryl methyl sites for hydroxylation is 2. The predicted molar refractivity (Wildman–Crippen MR) is 71.6 cm³/mol. The van der Waals surface area contributed by atoms with Crippen LogP contribution in [0.3, 0.4) is 0 Å². The van der Waals surface area contributed by atoms with Gasteiger partial charge in [-0.1, -0.05) is 0 Å². The standard InChI is InChI=1S/C14H19NO4/c1-8-7-12(19-3)9(2)6-10(8)14(18)11(15)4-5-13(16)17/h6-7,11H,4-5,15H2,1-3H3,(H,16,17). The van der Waals surface area contributed by atoms with Crippen molar-refractivity contribution in [1.29, 1.82) is 0 Å². The summed E-state index contributed by atoms with van der Waals surface area (Å²) in [7, 11) is 1.57. The van der Waals surface area contributed by atoms with Crippen molar-refractivity contribution in [3.05, 3.63) is 28.8 Å². The van der Waals surface area contributed by atoms with E-state index < -0.39 is 12.0 Å². The smallest absolute Gasteiger partial charge is 0.303 e. The third-order valence-corrected chi connectivity index (χ3v) is 3.01. The summed E-state index contributed by atoms with van der Waals surface area (Å²) < 4.78 is 5.18. The molecule has 1 aromatic carbocycles. The van der Waals surface area contributed by atoms with Gasteiger partial charge in [0.25, 0.3) is 0 Å². The molecule has 0 aromatic heterocycles. The van der Waals surface area contributed by atoms with Crippen molar-refractivity contribution in [2.45, 2.75) is 32.7 Å². The molecule has 5 nitrogen and oxygen atoms in total. The molecular formula is C14H19NO4. The van der Waals surface area contributed by atoms with E-state index in [-0.39, 0.29) is 18.6 Å². The van der Waals surface area contributed by atoms with E-state index in [0.717, 1.165) is 11.1 Å². The fourth-order valence-corrected chi connectivity index (χ4v) is 1.88. The molecule has 0 fully saturated rings. The Bertz CT molecular complexity index is 496. The van der Waals surface area contributed by atoms with Crippen molar-refractivity contribution in [3.8, 4) is 5.75 Å². The van der Waals surface area contributed by atoms with E-state index in [1.807, 2.05) is 6.92 Å². The molecular weight excluding hydrogens is 246 g/mol. The van der Waals surface area contributed by atoms with Gasteiger partial charge in [0.15, 0.2) is 5.78 Å². The van der Waals surface area contributed by atoms with Gasteiger partial charge < -0.3 is 15.6 Å². The second-order valence-corrected chi connectivity index (χ2v) is 4.54. The van der Waals surface area contributed by atoms with Gasteiger partial charge in [0, 0.05) is 12.0 Å². The maximum Gasteiger partial charge on any atom is 0.303 e. The van der Waals surface area contributed by atoms with Crippen LogP contribution in [0.1, 0.15) is 34.3 Å². The van der Waals surface area contributed by atoms with Gasteiger partial charge >= 0.3 is 5.97 Å². The SMILES string of the molecule is COc1cc(C)c(C(=O)C(N)CCC(=O)O)cc1C. The van der Waals surface area contributed by atoms with Crippen LogP contribution in [0.15, 0.2) is 12.1 Å². The number of carboxylic acids is 1. The summed E-state index contributed by atoms with van der Waals surface area (Å²) in [4.78, 5) is 22.7. The molecule has 0 saturated heterocycles. The Morgan fingerprint density at radius 1 is 1.32 bits per heavy atom. The van der Waals surface area contributed by atoms with Gasteiger partial charge in [-0.2, -0.15) is 0 Å². The Kier molecular flexibility index (Phi) is 5.06. The quantitative estimate of drug-likeness (QED) is 0.764. The summed E-state index contributed by atoms with van der Waals surface area (Å²) in [5.74, 6) is -0.469. The first-order valence-electron chi connectivity index (χ1n) is 6.03. The fraction of sp³-hybridized carbons (Fsp3) is 0.429. The van der Waals surface area contributed by atoms with Crippen molar-refractivity contribution in [2.75, 3.05) is 7.11 Å². The second-order valence-electron chi connectivity index (χ2n) is 4.54. The number of nitrogens with two attached hydrogens (primary N) is 1. The summed E-state index contributed by atoms with van der Waals surface area (Å²) in [6.07, 6.45) is 0.0276. The minimum Gasteiger partial charge on any atom is -0.496 e. The Morgan fingerprint density at radius 2 is 1.95 bits per heavy atom. The average Bonchev–Trinajstić information content (AvgIpc) is 2.37. The molecule has 5 heteroatoms. The average molecular weight is 265 g/mol. The first-order valence-corrected chi connectivity index (χ1v) is 6.03. The molecule has 1 aromatic rings. The first-order chi connectivity index (χ1) is 8.86. The van der Waals surface area contributed by atoms with Gasteiger partial charge in [-0.3, -0.25) is 9.59 Å². The molecule has 19 heavy (non-hydrogen) atoms. The van der Waals surface area contributed by atoms with Gasteiger partial charge in [-0.15, -0.1) is 0 Å². The van der Waals surface area contributed by atoms with Crippen LogP contribution in [0.25, 0.3) is 0 Å². The first kappa shape index (κ1) is 15.2. The van der Waals surface area contributed by atoms with Gasteiger partial charge in [-0.25, -0.2) is 0 Å². The third-order valence-electron chi connectivity index (χ3n) is 3.01. The minimum absolute atomic E-state index is 0.110. The summed E-state index contributed by atoms with van der Waals surface area (Å²) in [6.45, 7) is 3.65. The van der Waals surface area contributed by atoms with Crippen LogP contribution in [-0.4, -0.2) is 30.0 Å². The molecule has 0 aliphatic heterocycles. The molecule has 0 saturated carbocycles. The van der Waals surface area contributed by atoms with Crippen LogP contribution in [0.2, 0.25) is 0 Å². The fourth-order valence-electron chi connectivity index (χ4n) is 1.88. The number of carbonyl (C=O) groups excluding carboxylic acids is 1. The topological polar surface area (TPSA) is 89.6 Å². The number of aliphatic carboxylic acids is 1. The zero-order valence-electron chi connectivity index (χ0n) is 11.4. The number of methoxy groups -OCH3 is 1. The maximum absolute atomic E-state index is 12.2. The minimum atomic E-state index is -0.953. The largest absolute Gasteiger partial charge is 0.496 e. The molecule has 104 valence electrons. The van der Waals surface area contributed by atoms with E-state index in [4.69, 9.17) is 15.6 Å². The lowest BCUT2D eigenvalue weighted by Gasteiger charge is -2.14. The number of carboxylic acid groups (broad SMARTS) is 1. The van der Waals surface area contributed by atoms with E-state index in [9.17, 15) is 9.59 Å². The highest BCUT2D eigenvalue weighted by Crippen LogP contribution is 2.23. The van der Waals surface area contributed by atoms with Crippen molar-refractivity contribution in [1.82, 2.24) is 0 Å². The number of ketones is 1. The number of Topliss-reactive ketones (excluding diaryl/α,β-unsaturated/α-hetero) is 1. The van der Waals surface area contributed by atoms with Crippen LogP contribution >= 0.6 is 0 Å². The van der Waals surface area contributed by atoms with E-state index in [0.29, 0.717) is 11.3 Å². The van der Waals surface area contributed by atoms with Crippen molar-refractivity contribution in [3.63, 3.8) is 0 Å². The number of rotatable bonds is 6. The van der Waals surface area contributed by atoms with Crippen LogP contribution < -0.4 is 10.5 Å². The van der Waals surface area contributed by atoms with Crippen molar-refractivity contribution < 1.29 is 19.4 Å². The molecule has 1 rings (SSSR count). The third kappa shape index (κ3) is 3.79. The molecule has 3 N–H and O–H groups in total. The lowest BCUT2D eigenvalue weighted by molar-refractivity contribution is -0.137. The van der Waals surface area contributed by atoms with Crippen LogP contribution in [-0.2, 0) is 4.79 Å². The molecule has 0 heterocycles. The summed E-state index contributed by atoms with van der Waals surface area (Å²) >= 11 is 0. The van der Waals surface area contributed by atoms with Gasteiger partial charge in [0.2, 0.25) is 0 Å². The van der Waals surface area contributed by atoms with Crippen LogP contribution in [0, 0.1) is 13.8 Å². The van der Waals surface area contributed by atoms with E-state index >= 15 is 0 Å². The zero-order chi connectivity index (χ0) is 14.6. The number of benzene rings is 1. The normalized spacial score (nSPS) is 12.0. The number of ether oxygens (including phenoxy) is 1. The molecule has 0 aliphatic carbocycles. The Balaban J connectivity index is 2.93. The van der Waals surface area contributed by atoms with Crippen molar-refractivity contribution in [2.24, 2.45) is 5.73 Å². The monoisotopic (exact) mass is 265 g/mol. The van der Waals surface area contributed by atoms with E-state index in [1.54, 1.807) is 26.2 Å². The van der Waals surface area contributed by atoms with Crippen LogP contribution in [0.4, 0.5) is 0 Å². The second kappa shape index (κ2) is 6.33. The molecule has 1 unspecified atom stereocenters. The van der Waals surface area contributed by atoms with Gasteiger partial charge in [-0.05, 0) is 43.5 Å². The van der Waals surface area contributed by atoms with Crippen LogP contribution in [0.5, 0.6) is 5.75 Å².